The molecule has 5 nitrogen and oxygen atoms in total. The number of halogens is 2. The van der Waals surface area contributed by atoms with Crippen LogP contribution in [0, 0.1) is 0 Å². The Morgan fingerprint density at radius 2 is 1.95 bits per heavy atom. The Balaban J connectivity index is 2.37. The molecule has 0 amide bonds. The van der Waals surface area contributed by atoms with Gasteiger partial charge < -0.3 is 10.5 Å². The lowest BCUT2D eigenvalue weighted by molar-refractivity contribution is 0.412. The fourth-order valence-corrected chi connectivity index (χ4v) is 3.45. The summed E-state index contributed by atoms with van der Waals surface area (Å²) < 4.78 is 33.0. The Morgan fingerprint density at radius 1 is 1.24 bits per heavy atom. The molecule has 0 radical (unpaired) electrons. The van der Waals surface area contributed by atoms with Crippen molar-refractivity contribution in [3.05, 3.63) is 45.9 Å². The summed E-state index contributed by atoms with van der Waals surface area (Å²) in [5.41, 5.74) is 6.15. The van der Waals surface area contributed by atoms with E-state index in [4.69, 9.17) is 22.1 Å². The molecule has 3 N–H and O–H groups in total. The van der Waals surface area contributed by atoms with Crippen molar-refractivity contribution >= 4 is 48.9 Å². The molecule has 0 heterocycles. The van der Waals surface area contributed by atoms with E-state index < -0.39 is 10.0 Å². The first-order valence-electron chi connectivity index (χ1n) is 5.75. The molecular weight excluding hydrogens is 380 g/mol. The zero-order valence-corrected chi connectivity index (χ0v) is 14.1. The number of anilines is 2. The van der Waals surface area contributed by atoms with Crippen molar-refractivity contribution in [2.45, 2.75) is 4.90 Å². The molecule has 2 rings (SSSR count). The SMILES string of the molecule is COc1cc(NS(=O)(=O)c2ccc(Cl)cc2N)ccc1Br. The minimum absolute atomic E-state index is 0.0335. The van der Waals surface area contributed by atoms with Crippen LogP contribution in [0.15, 0.2) is 45.8 Å². The smallest absolute Gasteiger partial charge is 0.263 e. The van der Waals surface area contributed by atoms with Gasteiger partial charge in [0.15, 0.2) is 0 Å². The molecule has 21 heavy (non-hydrogen) atoms. The molecule has 0 fully saturated rings. The number of nitrogens with one attached hydrogen (secondary N) is 1. The summed E-state index contributed by atoms with van der Waals surface area (Å²) in [6.07, 6.45) is 0. The van der Waals surface area contributed by atoms with Crippen LogP contribution in [0.4, 0.5) is 11.4 Å². The first kappa shape index (κ1) is 15.9. The highest BCUT2D eigenvalue weighted by Crippen LogP contribution is 2.30. The van der Waals surface area contributed by atoms with Crippen LogP contribution in [-0.2, 0) is 10.0 Å². The van der Waals surface area contributed by atoms with E-state index in [0.717, 1.165) is 4.47 Å². The maximum absolute atomic E-state index is 12.3. The van der Waals surface area contributed by atoms with Crippen molar-refractivity contribution in [2.75, 3.05) is 17.6 Å². The van der Waals surface area contributed by atoms with E-state index in [0.29, 0.717) is 16.5 Å². The third kappa shape index (κ3) is 3.61. The molecule has 0 aliphatic heterocycles. The van der Waals surface area contributed by atoms with Crippen LogP contribution in [0.25, 0.3) is 0 Å². The second-order valence-corrected chi connectivity index (χ2v) is 7.08. The molecule has 0 aliphatic rings. The quantitative estimate of drug-likeness (QED) is 0.782. The lowest BCUT2D eigenvalue weighted by atomic mass is 10.3. The second-order valence-electron chi connectivity index (χ2n) is 4.14. The van der Waals surface area contributed by atoms with E-state index in [9.17, 15) is 8.42 Å². The van der Waals surface area contributed by atoms with Gasteiger partial charge in [0, 0.05) is 11.1 Å². The second kappa shape index (κ2) is 6.13. The van der Waals surface area contributed by atoms with Gasteiger partial charge in [0.1, 0.15) is 10.6 Å². The molecule has 0 unspecified atom stereocenters. The Morgan fingerprint density at radius 3 is 2.57 bits per heavy atom. The van der Waals surface area contributed by atoms with Gasteiger partial charge in [-0.15, -0.1) is 0 Å². The molecule has 0 spiro atoms. The fourth-order valence-electron chi connectivity index (χ4n) is 1.70. The first-order valence-corrected chi connectivity index (χ1v) is 8.40. The van der Waals surface area contributed by atoms with Crippen LogP contribution in [0.3, 0.4) is 0 Å². The maximum Gasteiger partial charge on any atom is 0.263 e. The number of nitrogens with two attached hydrogens (primary N) is 1. The van der Waals surface area contributed by atoms with Crippen molar-refractivity contribution in [3.8, 4) is 5.75 Å². The summed E-state index contributed by atoms with van der Waals surface area (Å²) in [5, 5.41) is 0.372. The van der Waals surface area contributed by atoms with E-state index in [1.807, 2.05) is 0 Å². The standard InChI is InChI=1S/C13H12BrClN2O3S/c1-20-12-7-9(3-4-10(12)14)17-21(18,19)13-5-2-8(15)6-11(13)16/h2-7,17H,16H2,1H3. The van der Waals surface area contributed by atoms with Crippen LogP contribution in [0.1, 0.15) is 0 Å². The van der Waals surface area contributed by atoms with Crippen molar-refractivity contribution in [1.82, 2.24) is 0 Å². The van der Waals surface area contributed by atoms with Gasteiger partial charge in [-0.2, -0.15) is 0 Å². The van der Waals surface area contributed by atoms with Crippen LogP contribution >= 0.6 is 27.5 Å². The summed E-state index contributed by atoms with van der Waals surface area (Å²) in [4.78, 5) is -0.0335. The number of hydrogen-bond acceptors (Lipinski definition) is 4. The fraction of sp³-hybridized carbons (Fsp3) is 0.0769. The third-order valence-electron chi connectivity index (χ3n) is 2.66. The molecule has 112 valence electrons. The van der Waals surface area contributed by atoms with Crippen molar-refractivity contribution < 1.29 is 13.2 Å². The Labute approximate surface area is 136 Å². The highest BCUT2D eigenvalue weighted by atomic mass is 79.9. The molecule has 8 heteroatoms. The van der Waals surface area contributed by atoms with Crippen LogP contribution in [-0.4, -0.2) is 15.5 Å². The average Bonchev–Trinajstić information content (AvgIpc) is 2.40. The van der Waals surface area contributed by atoms with Crippen LogP contribution in [0.5, 0.6) is 5.75 Å². The van der Waals surface area contributed by atoms with Crippen LogP contribution < -0.4 is 15.2 Å². The summed E-state index contributed by atoms with van der Waals surface area (Å²) >= 11 is 9.07. The van der Waals surface area contributed by atoms with Crippen molar-refractivity contribution in [1.29, 1.82) is 0 Å². The minimum atomic E-state index is -3.80. The lowest BCUT2D eigenvalue weighted by Crippen LogP contribution is -2.14. The number of sulfonamides is 1. The van der Waals surface area contributed by atoms with Gasteiger partial charge in [-0.1, -0.05) is 11.6 Å². The molecular formula is C13H12BrClN2O3S. The highest BCUT2D eigenvalue weighted by molar-refractivity contribution is 9.10. The zero-order chi connectivity index (χ0) is 15.6. The van der Waals surface area contributed by atoms with Gasteiger partial charge in [-0.05, 0) is 46.3 Å². The summed E-state index contributed by atoms with van der Waals surface area (Å²) in [7, 11) is -2.31. The summed E-state index contributed by atoms with van der Waals surface area (Å²) in [5.74, 6) is 0.513. The molecule has 0 saturated carbocycles. The van der Waals surface area contributed by atoms with E-state index in [-0.39, 0.29) is 10.6 Å². The molecule has 0 aliphatic carbocycles. The number of benzene rings is 2. The maximum atomic E-state index is 12.3. The molecule has 0 atom stereocenters. The number of hydrogen-bond donors (Lipinski definition) is 2. The van der Waals surface area contributed by atoms with Gasteiger partial charge in [-0.25, -0.2) is 8.42 Å². The van der Waals surface area contributed by atoms with E-state index in [2.05, 4.69) is 20.7 Å². The van der Waals surface area contributed by atoms with E-state index in [1.165, 1.54) is 25.3 Å². The topological polar surface area (TPSA) is 81.4 Å². The van der Waals surface area contributed by atoms with Gasteiger partial charge in [0.05, 0.1) is 23.0 Å². The number of methoxy groups -OCH3 is 1. The minimum Gasteiger partial charge on any atom is -0.495 e. The molecule has 0 aromatic heterocycles. The predicted octanol–water partition coefficient (Wildman–Crippen LogP) is 3.49. The Hall–Kier alpha value is -1.44. The predicted molar refractivity (Wildman–Crippen MR) is 87.4 cm³/mol. The van der Waals surface area contributed by atoms with E-state index >= 15 is 0 Å². The monoisotopic (exact) mass is 390 g/mol. The normalized spacial score (nSPS) is 11.2. The van der Waals surface area contributed by atoms with E-state index in [1.54, 1.807) is 18.2 Å². The van der Waals surface area contributed by atoms with Gasteiger partial charge in [0.25, 0.3) is 10.0 Å². The van der Waals surface area contributed by atoms with Gasteiger partial charge >= 0.3 is 0 Å². The number of rotatable bonds is 4. The highest BCUT2D eigenvalue weighted by Gasteiger charge is 2.18. The average molecular weight is 392 g/mol. The Kier molecular flexibility index (Phi) is 4.65. The summed E-state index contributed by atoms with van der Waals surface area (Å²) in [6.45, 7) is 0. The zero-order valence-electron chi connectivity index (χ0n) is 10.9. The largest absolute Gasteiger partial charge is 0.495 e. The van der Waals surface area contributed by atoms with Gasteiger partial charge in [-0.3, -0.25) is 4.72 Å². The Bertz CT molecular complexity index is 781. The van der Waals surface area contributed by atoms with Gasteiger partial charge in [0.2, 0.25) is 0 Å². The number of ether oxygens (including phenoxy) is 1. The van der Waals surface area contributed by atoms with Crippen LogP contribution in [0.2, 0.25) is 5.02 Å². The first-order chi connectivity index (χ1) is 9.83. The van der Waals surface area contributed by atoms with Crippen molar-refractivity contribution in [3.63, 3.8) is 0 Å². The molecule has 0 bridgehead atoms. The molecule has 2 aromatic carbocycles. The summed E-state index contributed by atoms with van der Waals surface area (Å²) in [6, 6.07) is 9.06. The molecule has 0 saturated heterocycles. The third-order valence-corrected chi connectivity index (χ3v) is 5.01. The molecule has 2 aromatic rings. The number of nitrogen functional groups attached to an aromatic ring is 1. The van der Waals surface area contributed by atoms with Crippen molar-refractivity contribution in [2.24, 2.45) is 0 Å². The lowest BCUT2D eigenvalue weighted by Gasteiger charge is -2.12.